The summed E-state index contributed by atoms with van der Waals surface area (Å²) in [5.41, 5.74) is 9.02. The highest BCUT2D eigenvalue weighted by Crippen LogP contribution is 2.19. The number of hydrogen-bond acceptors (Lipinski definition) is 6. The third-order valence-electron chi connectivity index (χ3n) is 6.81. The molecule has 3 rings (SSSR count). The highest BCUT2D eigenvalue weighted by atomic mass is 16.2. The van der Waals surface area contributed by atoms with Gasteiger partial charge in [-0.2, -0.15) is 0 Å². The molecule has 1 aliphatic rings. The molecular formula is C31H40N6O4. The lowest BCUT2D eigenvalue weighted by molar-refractivity contribution is -0.120. The Kier molecular flexibility index (Phi) is 11.5. The minimum Gasteiger partial charge on any atom is -0.516 e. The number of nitrogens with one attached hydrogen (secondary N) is 2. The normalized spacial score (nSPS) is 14.7. The maximum atomic E-state index is 13.0. The molecule has 1 fully saturated rings. The van der Waals surface area contributed by atoms with Crippen molar-refractivity contribution in [2.45, 2.75) is 32.2 Å². The molecule has 1 aromatic carbocycles. The van der Waals surface area contributed by atoms with Gasteiger partial charge < -0.3 is 26.0 Å². The van der Waals surface area contributed by atoms with Gasteiger partial charge in [-0.15, -0.1) is 0 Å². The zero-order valence-corrected chi connectivity index (χ0v) is 23.8. The molecule has 2 aromatic rings. The standard InChI is InChI=1S/C31H40N6O4/c1-4-5-8-27-28(34-37(31(27)41)19-18-36-16-6-7-17-36)13-14-29(39)33-26(22-32)21-25(15-20-38)23-9-11-24(12-10-23)30(40)35(2)3/h4-5,8-12,15,20-22,34,38H,1,6-7,13-14,16-19,32H2,2-3H3,(H,33,39)/b8-5-,20-15+,25-21+,26-22-. The van der Waals surface area contributed by atoms with E-state index in [1.54, 1.807) is 67.3 Å². The summed E-state index contributed by atoms with van der Waals surface area (Å²) in [5, 5.41) is 15.4. The average molecular weight is 561 g/mol. The third kappa shape index (κ3) is 8.71. The van der Waals surface area contributed by atoms with Gasteiger partial charge >= 0.3 is 0 Å². The molecule has 41 heavy (non-hydrogen) atoms. The number of H-pyrrole nitrogens is 1. The first-order valence-electron chi connectivity index (χ1n) is 13.7. The third-order valence-corrected chi connectivity index (χ3v) is 6.81. The van der Waals surface area contributed by atoms with E-state index in [1.165, 1.54) is 30.0 Å². The van der Waals surface area contributed by atoms with Crippen LogP contribution in [-0.4, -0.2) is 70.2 Å². The van der Waals surface area contributed by atoms with Crippen LogP contribution >= 0.6 is 0 Å². The second-order valence-electron chi connectivity index (χ2n) is 9.97. The summed E-state index contributed by atoms with van der Waals surface area (Å²) >= 11 is 0. The lowest BCUT2D eigenvalue weighted by Crippen LogP contribution is -2.28. The zero-order valence-electron chi connectivity index (χ0n) is 23.8. The first-order valence-corrected chi connectivity index (χ1v) is 13.7. The zero-order chi connectivity index (χ0) is 29.8. The van der Waals surface area contributed by atoms with E-state index in [1.807, 2.05) is 0 Å². The van der Waals surface area contributed by atoms with Gasteiger partial charge in [-0.05, 0) is 73.8 Å². The van der Waals surface area contributed by atoms with Crippen LogP contribution in [0, 0.1) is 0 Å². The molecule has 0 saturated carbocycles. The summed E-state index contributed by atoms with van der Waals surface area (Å²) in [4.78, 5) is 41.9. The molecular weight excluding hydrogens is 520 g/mol. The van der Waals surface area contributed by atoms with Crippen molar-refractivity contribution in [2.75, 3.05) is 33.7 Å². The monoisotopic (exact) mass is 560 g/mol. The van der Waals surface area contributed by atoms with Gasteiger partial charge in [0.1, 0.15) is 0 Å². The van der Waals surface area contributed by atoms with Gasteiger partial charge in [-0.1, -0.05) is 30.9 Å². The number of aromatic nitrogens is 2. The fourth-order valence-electron chi connectivity index (χ4n) is 4.61. The van der Waals surface area contributed by atoms with E-state index in [0.717, 1.165) is 25.9 Å². The van der Waals surface area contributed by atoms with Gasteiger partial charge in [-0.3, -0.25) is 24.2 Å². The predicted molar refractivity (Wildman–Crippen MR) is 163 cm³/mol. The molecule has 0 spiro atoms. The Morgan fingerprint density at radius 1 is 1.15 bits per heavy atom. The summed E-state index contributed by atoms with van der Waals surface area (Å²) in [5.74, 6) is -0.414. The van der Waals surface area contributed by atoms with Crippen LogP contribution in [0.4, 0.5) is 0 Å². The van der Waals surface area contributed by atoms with Gasteiger partial charge in [-0.25, -0.2) is 0 Å². The van der Waals surface area contributed by atoms with Crippen LogP contribution in [0.2, 0.25) is 0 Å². The van der Waals surface area contributed by atoms with E-state index in [0.29, 0.717) is 46.6 Å². The summed E-state index contributed by atoms with van der Waals surface area (Å²) in [6.07, 6.45) is 13.1. The van der Waals surface area contributed by atoms with Crippen LogP contribution in [0.1, 0.15) is 46.4 Å². The number of rotatable bonds is 13. The van der Waals surface area contributed by atoms with E-state index in [2.05, 4.69) is 21.9 Å². The number of carbonyl (C=O) groups excluding carboxylic acids is 2. The molecule has 10 nitrogen and oxygen atoms in total. The SMILES string of the molecule is C=C/C=C\c1c(CCC(=O)NC(=C\N)/C=C(\C=C\O)c2ccc(C(=O)N(C)C)cc2)[nH]n(CCN2CCCC2)c1=O. The van der Waals surface area contributed by atoms with Crippen molar-refractivity contribution >= 4 is 23.5 Å². The lowest BCUT2D eigenvalue weighted by atomic mass is 10.0. The number of aromatic amines is 1. The first-order chi connectivity index (χ1) is 19.8. The molecule has 0 bridgehead atoms. The second kappa shape index (κ2) is 15.3. The largest absolute Gasteiger partial charge is 0.516 e. The van der Waals surface area contributed by atoms with E-state index in [-0.39, 0.29) is 23.8 Å². The number of amides is 2. The van der Waals surface area contributed by atoms with Crippen LogP contribution < -0.4 is 16.6 Å². The number of carbonyl (C=O) groups is 2. The van der Waals surface area contributed by atoms with Crippen molar-refractivity contribution in [2.24, 2.45) is 5.73 Å². The van der Waals surface area contributed by atoms with Gasteiger partial charge in [0.15, 0.2) is 0 Å². The quantitative estimate of drug-likeness (QED) is 0.219. The highest BCUT2D eigenvalue weighted by molar-refractivity contribution is 5.94. The molecule has 10 heteroatoms. The number of benzene rings is 1. The Morgan fingerprint density at radius 2 is 1.83 bits per heavy atom. The molecule has 1 saturated heterocycles. The molecule has 0 unspecified atom stereocenters. The van der Waals surface area contributed by atoms with Gasteiger partial charge in [0, 0.05) is 44.5 Å². The summed E-state index contributed by atoms with van der Waals surface area (Å²) in [6.45, 7) is 7.13. The molecule has 2 amide bonds. The van der Waals surface area contributed by atoms with Crippen molar-refractivity contribution in [1.29, 1.82) is 0 Å². The van der Waals surface area contributed by atoms with Crippen LogP contribution in [0.3, 0.4) is 0 Å². The fourth-order valence-corrected chi connectivity index (χ4v) is 4.61. The van der Waals surface area contributed by atoms with E-state index >= 15 is 0 Å². The number of nitrogens with two attached hydrogens (primary N) is 1. The Balaban J connectivity index is 1.70. The number of hydrogen-bond donors (Lipinski definition) is 4. The number of aliphatic hydroxyl groups is 1. The Hall–Kier alpha value is -4.57. The summed E-state index contributed by atoms with van der Waals surface area (Å²) < 4.78 is 1.60. The maximum absolute atomic E-state index is 13.0. The van der Waals surface area contributed by atoms with Crippen molar-refractivity contribution in [3.63, 3.8) is 0 Å². The number of aliphatic hydroxyl groups excluding tert-OH is 1. The van der Waals surface area contributed by atoms with Gasteiger partial charge in [0.25, 0.3) is 11.5 Å². The molecule has 0 atom stereocenters. The predicted octanol–water partition coefficient (Wildman–Crippen LogP) is 3.18. The summed E-state index contributed by atoms with van der Waals surface area (Å²) in [6, 6.07) is 6.89. The van der Waals surface area contributed by atoms with Crippen LogP contribution in [0.5, 0.6) is 0 Å². The van der Waals surface area contributed by atoms with E-state index in [4.69, 9.17) is 5.73 Å². The molecule has 1 aliphatic heterocycles. The van der Waals surface area contributed by atoms with E-state index in [9.17, 15) is 19.5 Å². The topological polar surface area (TPSA) is 137 Å². The molecule has 0 aliphatic carbocycles. The lowest BCUT2D eigenvalue weighted by Gasteiger charge is -2.14. The van der Waals surface area contributed by atoms with Crippen molar-refractivity contribution in [1.82, 2.24) is 24.9 Å². The first kappa shape index (κ1) is 31.0. The van der Waals surface area contributed by atoms with Gasteiger partial charge in [0.2, 0.25) is 5.91 Å². The van der Waals surface area contributed by atoms with Crippen molar-refractivity contribution in [3.8, 4) is 0 Å². The molecule has 0 radical (unpaired) electrons. The number of nitrogens with zero attached hydrogens (tertiary/aromatic N) is 3. The number of aryl methyl sites for hydroxylation is 1. The minimum absolute atomic E-state index is 0.110. The fraction of sp³-hybridized carbons (Fsp3) is 0.323. The molecule has 5 N–H and O–H groups in total. The number of likely N-dealkylation sites (tertiary alicyclic amines) is 1. The van der Waals surface area contributed by atoms with E-state index < -0.39 is 0 Å². The number of allylic oxidation sites excluding steroid dienone is 5. The smallest absolute Gasteiger partial charge is 0.274 e. The molecule has 218 valence electrons. The highest BCUT2D eigenvalue weighted by Gasteiger charge is 2.16. The minimum atomic E-state index is -0.290. The van der Waals surface area contributed by atoms with Crippen molar-refractivity contribution < 1.29 is 14.7 Å². The van der Waals surface area contributed by atoms with Crippen molar-refractivity contribution in [3.05, 3.63) is 106 Å². The molecule has 1 aromatic heterocycles. The second-order valence-corrected chi connectivity index (χ2v) is 9.97. The Bertz CT molecular complexity index is 1390. The Labute approximate surface area is 240 Å². The Morgan fingerprint density at radius 3 is 2.44 bits per heavy atom. The van der Waals surface area contributed by atoms with Crippen LogP contribution in [0.15, 0.2) is 78.1 Å². The average Bonchev–Trinajstić information content (AvgIpc) is 3.60. The van der Waals surface area contributed by atoms with Crippen LogP contribution in [-0.2, 0) is 17.8 Å². The van der Waals surface area contributed by atoms with Gasteiger partial charge in [0.05, 0.1) is 24.1 Å². The van der Waals surface area contributed by atoms with Crippen LogP contribution in [0.25, 0.3) is 11.6 Å². The molecule has 2 heterocycles. The summed E-state index contributed by atoms with van der Waals surface area (Å²) in [7, 11) is 3.36. The maximum Gasteiger partial charge on any atom is 0.274 e.